The predicted octanol–water partition coefficient (Wildman–Crippen LogP) is 3.09. The molecule has 0 bridgehead atoms. The van der Waals surface area contributed by atoms with E-state index >= 15 is 0 Å². The molecule has 1 atom stereocenters. The first-order chi connectivity index (χ1) is 11.6. The van der Waals surface area contributed by atoms with Crippen molar-refractivity contribution in [2.24, 2.45) is 0 Å². The van der Waals surface area contributed by atoms with E-state index < -0.39 is 0 Å². The molecule has 4 rings (SSSR count). The van der Waals surface area contributed by atoms with Crippen LogP contribution in [0, 0.1) is 0 Å². The summed E-state index contributed by atoms with van der Waals surface area (Å²) in [6.07, 6.45) is 0.812. The second-order valence-corrected chi connectivity index (χ2v) is 6.85. The summed E-state index contributed by atoms with van der Waals surface area (Å²) in [7, 11) is 0. The van der Waals surface area contributed by atoms with Crippen LogP contribution in [0.25, 0.3) is 22.0 Å². The fourth-order valence-electron chi connectivity index (χ4n) is 3.04. The molecule has 1 saturated heterocycles. The van der Waals surface area contributed by atoms with Crippen LogP contribution in [0.5, 0.6) is 0 Å². The Morgan fingerprint density at radius 2 is 1.75 bits per heavy atom. The largest absolute Gasteiger partial charge is 0.311 e. The highest BCUT2D eigenvalue weighted by molar-refractivity contribution is 9.10. The molecule has 0 spiro atoms. The van der Waals surface area contributed by atoms with Gasteiger partial charge >= 0.3 is 0 Å². The van der Waals surface area contributed by atoms with E-state index in [4.69, 9.17) is 0 Å². The fourth-order valence-corrected chi connectivity index (χ4v) is 3.49. The molecular weight excluding hydrogens is 370 g/mol. The Kier molecular flexibility index (Phi) is 3.69. The Morgan fingerprint density at radius 1 is 1.04 bits per heavy atom. The highest BCUT2D eigenvalue weighted by Gasteiger charge is 2.30. The Balaban J connectivity index is 1.75. The molecule has 1 aromatic heterocycles. The van der Waals surface area contributed by atoms with Crippen molar-refractivity contribution in [1.29, 1.82) is 0 Å². The summed E-state index contributed by atoms with van der Waals surface area (Å²) in [5.41, 5.74) is 2.30. The van der Waals surface area contributed by atoms with Crippen molar-refractivity contribution in [3.63, 3.8) is 0 Å². The van der Waals surface area contributed by atoms with Crippen molar-refractivity contribution >= 4 is 38.3 Å². The minimum atomic E-state index is -0.197. The van der Waals surface area contributed by atoms with Gasteiger partial charge in [0.05, 0.1) is 15.9 Å². The molecule has 3 aromatic rings. The van der Waals surface area contributed by atoms with Gasteiger partial charge in [0.25, 0.3) is 5.56 Å². The Labute approximate surface area is 146 Å². The summed E-state index contributed by atoms with van der Waals surface area (Å²) in [5, 5.41) is 8.18. The minimum absolute atomic E-state index is 0.0929. The molecular formula is C18H14BrN3O2. The van der Waals surface area contributed by atoms with Crippen molar-refractivity contribution in [2.75, 3.05) is 11.4 Å². The number of alkyl halides is 1. The van der Waals surface area contributed by atoms with Gasteiger partial charge in [-0.15, -0.1) is 0 Å². The quantitative estimate of drug-likeness (QED) is 0.691. The lowest BCUT2D eigenvalue weighted by atomic mass is 10.0. The first-order valence-corrected chi connectivity index (χ1v) is 8.60. The molecule has 6 heteroatoms. The zero-order chi connectivity index (χ0) is 16.7. The fraction of sp³-hybridized carbons (Fsp3) is 0.167. The highest BCUT2D eigenvalue weighted by atomic mass is 79.9. The molecule has 1 unspecified atom stereocenters. The molecule has 0 saturated carbocycles. The average Bonchev–Trinajstić information content (AvgIpc) is 2.95. The number of carbonyl (C=O) groups is 1. The van der Waals surface area contributed by atoms with Gasteiger partial charge in [0.15, 0.2) is 0 Å². The molecule has 1 N–H and O–H groups in total. The maximum atomic E-state index is 12.1. The molecule has 2 heterocycles. The molecule has 2 aromatic carbocycles. The summed E-state index contributed by atoms with van der Waals surface area (Å²) < 4.78 is 0. The summed E-state index contributed by atoms with van der Waals surface area (Å²) >= 11 is 3.39. The number of hydrogen-bond acceptors (Lipinski definition) is 3. The van der Waals surface area contributed by atoms with Gasteiger partial charge in [-0.1, -0.05) is 46.3 Å². The second kappa shape index (κ2) is 5.87. The first-order valence-electron chi connectivity index (χ1n) is 7.68. The van der Waals surface area contributed by atoms with E-state index in [-0.39, 0.29) is 16.3 Å². The topological polar surface area (TPSA) is 66.1 Å². The summed E-state index contributed by atoms with van der Waals surface area (Å²) in [5.74, 6) is 0.0929. The van der Waals surface area contributed by atoms with Crippen molar-refractivity contribution in [1.82, 2.24) is 10.2 Å². The maximum Gasteiger partial charge on any atom is 0.272 e. The van der Waals surface area contributed by atoms with Gasteiger partial charge in [-0.2, -0.15) is 5.10 Å². The van der Waals surface area contributed by atoms with E-state index in [9.17, 15) is 9.59 Å². The van der Waals surface area contributed by atoms with Crippen LogP contribution in [0.15, 0.2) is 53.3 Å². The van der Waals surface area contributed by atoms with Gasteiger partial charge in [-0.3, -0.25) is 9.59 Å². The number of halogens is 1. The number of fused-ring (bicyclic) bond motifs is 1. The number of H-pyrrole nitrogens is 1. The van der Waals surface area contributed by atoms with Crippen LogP contribution in [0.3, 0.4) is 0 Å². The van der Waals surface area contributed by atoms with Gasteiger partial charge in [0, 0.05) is 23.2 Å². The lowest BCUT2D eigenvalue weighted by molar-refractivity contribution is -0.116. The van der Waals surface area contributed by atoms with E-state index in [2.05, 4.69) is 26.1 Å². The third kappa shape index (κ3) is 2.43. The van der Waals surface area contributed by atoms with E-state index in [1.54, 1.807) is 11.0 Å². The van der Waals surface area contributed by atoms with Gasteiger partial charge in [-0.05, 0) is 24.6 Å². The highest BCUT2D eigenvalue weighted by Crippen LogP contribution is 2.29. The number of rotatable bonds is 2. The number of nitrogens with zero attached hydrogens (tertiary/aromatic N) is 2. The third-order valence-electron chi connectivity index (χ3n) is 4.29. The predicted molar refractivity (Wildman–Crippen MR) is 97.5 cm³/mol. The Hall–Kier alpha value is -2.47. The lowest BCUT2D eigenvalue weighted by Gasteiger charge is -2.16. The zero-order valence-electron chi connectivity index (χ0n) is 12.7. The number of aromatic amines is 1. The van der Waals surface area contributed by atoms with Crippen LogP contribution in [0.1, 0.15) is 6.42 Å². The smallest absolute Gasteiger partial charge is 0.272 e. The van der Waals surface area contributed by atoms with Crippen LogP contribution in [-0.4, -0.2) is 27.5 Å². The maximum absolute atomic E-state index is 12.1. The Bertz CT molecular complexity index is 981. The number of aromatic nitrogens is 2. The van der Waals surface area contributed by atoms with Crippen molar-refractivity contribution in [2.45, 2.75) is 11.2 Å². The number of anilines is 1. The molecule has 5 nitrogen and oxygen atoms in total. The van der Waals surface area contributed by atoms with Crippen LogP contribution in [-0.2, 0) is 4.79 Å². The molecule has 0 radical (unpaired) electrons. The number of hydrogen-bond donors (Lipinski definition) is 1. The summed E-state index contributed by atoms with van der Waals surface area (Å²) in [6.45, 7) is 0.716. The van der Waals surface area contributed by atoms with Crippen molar-refractivity contribution in [3.05, 3.63) is 58.9 Å². The van der Waals surface area contributed by atoms with Gasteiger partial charge in [-0.25, -0.2) is 5.10 Å². The zero-order valence-corrected chi connectivity index (χ0v) is 14.3. The number of amides is 1. The van der Waals surface area contributed by atoms with E-state index in [1.807, 2.05) is 42.5 Å². The first kappa shape index (κ1) is 15.1. The van der Waals surface area contributed by atoms with E-state index in [0.29, 0.717) is 11.9 Å². The second-order valence-electron chi connectivity index (χ2n) is 5.74. The standard InChI is InChI=1S/C18H14BrN3O2/c19-15-9-10-22(18(15)24)12-7-5-11(6-8-12)16-13-3-1-2-4-14(13)17(23)21-20-16/h1-8,15H,9-10H2,(H,21,23). The van der Waals surface area contributed by atoms with E-state index in [1.165, 1.54) is 0 Å². The number of carbonyl (C=O) groups excluding carboxylic acids is 1. The molecule has 1 aliphatic rings. The van der Waals surface area contributed by atoms with Gasteiger partial charge in [0.1, 0.15) is 0 Å². The lowest BCUT2D eigenvalue weighted by Crippen LogP contribution is -2.26. The van der Waals surface area contributed by atoms with Crippen molar-refractivity contribution < 1.29 is 4.79 Å². The molecule has 24 heavy (non-hydrogen) atoms. The summed E-state index contributed by atoms with van der Waals surface area (Å²) in [6, 6.07) is 15.1. The van der Waals surface area contributed by atoms with Crippen LogP contribution >= 0.6 is 15.9 Å². The van der Waals surface area contributed by atoms with Gasteiger partial charge < -0.3 is 4.90 Å². The van der Waals surface area contributed by atoms with Crippen molar-refractivity contribution in [3.8, 4) is 11.3 Å². The molecule has 120 valence electrons. The molecule has 1 fully saturated rings. The molecule has 1 amide bonds. The SMILES string of the molecule is O=C1C(Br)CCN1c1ccc(-c2n[nH]c(=O)c3ccccc23)cc1. The minimum Gasteiger partial charge on any atom is -0.311 e. The van der Waals surface area contributed by atoms with Gasteiger partial charge in [0.2, 0.25) is 5.91 Å². The third-order valence-corrected chi connectivity index (χ3v) is 5.14. The normalized spacial score (nSPS) is 17.6. The molecule has 1 aliphatic heterocycles. The van der Waals surface area contributed by atoms with Crippen LogP contribution in [0.4, 0.5) is 5.69 Å². The van der Waals surface area contributed by atoms with E-state index in [0.717, 1.165) is 28.8 Å². The summed E-state index contributed by atoms with van der Waals surface area (Å²) in [4.78, 5) is 25.7. The number of nitrogens with one attached hydrogen (secondary N) is 1. The average molecular weight is 384 g/mol. The monoisotopic (exact) mass is 383 g/mol. The van der Waals surface area contributed by atoms with Crippen LogP contribution < -0.4 is 10.5 Å². The van der Waals surface area contributed by atoms with Crippen LogP contribution in [0.2, 0.25) is 0 Å². The molecule has 0 aliphatic carbocycles. The number of benzene rings is 2. The Morgan fingerprint density at radius 3 is 2.42 bits per heavy atom.